The highest BCUT2D eigenvalue weighted by Crippen LogP contribution is 2.14. The second-order valence-electron chi connectivity index (χ2n) is 3.50. The molecule has 0 aliphatic rings. The molecule has 0 aliphatic carbocycles. The Balaban J connectivity index is 3.85. The molecule has 3 nitrogen and oxygen atoms in total. The van der Waals surface area contributed by atoms with Crippen LogP contribution in [0.25, 0.3) is 0 Å². The van der Waals surface area contributed by atoms with Crippen LogP contribution < -0.4 is 0 Å². The molecule has 0 aromatic carbocycles. The number of rotatable bonds is 7. The Kier molecular flexibility index (Phi) is 7.45. The molecule has 0 aromatic heterocycles. The van der Waals surface area contributed by atoms with Crippen molar-refractivity contribution in [3.8, 4) is 0 Å². The summed E-state index contributed by atoms with van der Waals surface area (Å²) in [7, 11) is 1.78. The molecule has 0 bridgehead atoms. The minimum atomic E-state index is -0.0835. The minimum absolute atomic E-state index is 0.0835. The molecule has 0 amide bonds. The highest BCUT2D eigenvalue weighted by molar-refractivity contribution is 5.60. The zero-order valence-electron chi connectivity index (χ0n) is 8.86. The van der Waals surface area contributed by atoms with Gasteiger partial charge < -0.3 is 4.99 Å². The molecule has 2 unspecified atom stereocenters. The van der Waals surface area contributed by atoms with Crippen LogP contribution in [0, 0.1) is 10.8 Å². The fourth-order valence-electron chi connectivity index (χ4n) is 1.41. The Labute approximate surface area is 80.6 Å². The molecule has 0 saturated heterocycles. The Morgan fingerprint density at radius 1 is 1.46 bits per heavy atom. The van der Waals surface area contributed by atoms with Crippen molar-refractivity contribution in [3.63, 3.8) is 0 Å². The summed E-state index contributed by atoms with van der Waals surface area (Å²) >= 11 is 0. The maximum Gasteiger partial charge on any atom is 0.0897 e. The number of nitroso groups, excluding NO2 is 1. The van der Waals surface area contributed by atoms with Gasteiger partial charge in [0, 0.05) is 13.3 Å². The predicted molar refractivity (Wildman–Crippen MR) is 57.3 cm³/mol. The molecule has 0 rings (SSSR count). The standard InChI is InChI=1S/C10H20N2O/c1-4-5-6-10(8-11-3)7-9(2)12-13/h8-10H,4-7H2,1-3H3/b11-8+. The number of nitrogens with zero attached hydrogens (tertiary/aromatic N) is 2. The monoisotopic (exact) mass is 184 g/mol. The average Bonchev–Trinajstić information content (AvgIpc) is 2.14. The Bertz CT molecular complexity index is 157. The smallest absolute Gasteiger partial charge is 0.0897 e. The molecule has 13 heavy (non-hydrogen) atoms. The molecule has 76 valence electrons. The number of unbranched alkanes of at least 4 members (excludes halogenated alkanes) is 1. The fourth-order valence-corrected chi connectivity index (χ4v) is 1.41. The van der Waals surface area contributed by atoms with E-state index in [-0.39, 0.29) is 6.04 Å². The lowest BCUT2D eigenvalue weighted by atomic mass is 9.96. The van der Waals surface area contributed by atoms with Gasteiger partial charge in [-0.05, 0) is 25.7 Å². The highest BCUT2D eigenvalue weighted by atomic mass is 16.3. The van der Waals surface area contributed by atoms with Crippen LogP contribution in [0.5, 0.6) is 0 Å². The van der Waals surface area contributed by atoms with Gasteiger partial charge in [0.2, 0.25) is 0 Å². The SMILES string of the molecule is CCCCC(/C=N/C)CC(C)N=O. The molecule has 0 saturated carbocycles. The summed E-state index contributed by atoms with van der Waals surface area (Å²) in [5.41, 5.74) is 0. The second-order valence-corrected chi connectivity index (χ2v) is 3.50. The maximum absolute atomic E-state index is 10.2. The molecule has 3 heteroatoms. The van der Waals surface area contributed by atoms with Crippen LogP contribution in [0.3, 0.4) is 0 Å². The van der Waals surface area contributed by atoms with Gasteiger partial charge in [-0.15, -0.1) is 0 Å². The van der Waals surface area contributed by atoms with E-state index in [4.69, 9.17) is 0 Å². The zero-order chi connectivity index (χ0) is 10.1. The van der Waals surface area contributed by atoms with Gasteiger partial charge in [-0.25, -0.2) is 0 Å². The average molecular weight is 184 g/mol. The summed E-state index contributed by atoms with van der Waals surface area (Å²) in [4.78, 5) is 14.2. The first-order valence-electron chi connectivity index (χ1n) is 4.99. The first kappa shape index (κ1) is 12.3. The van der Waals surface area contributed by atoms with Crippen LogP contribution in [0.1, 0.15) is 39.5 Å². The number of hydrogen-bond donors (Lipinski definition) is 0. The van der Waals surface area contributed by atoms with E-state index in [1.54, 1.807) is 7.05 Å². The highest BCUT2D eigenvalue weighted by Gasteiger charge is 2.10. The summed E-state index contributed by atoms with van der Waals surface area (Å²) in [5, 5.41) is 3.01. The van der Waals surface area contributed by atoms with Gasteiger partial charge in [-0.2, -0.15) is 4.91 Å². The summed E-state index contributed by atoms with van der Waals surface area (Å²) in [6.07, 6.45) is 6.28. The Morgan fingerprint density at radius 2 is 2.15 bits per heavy atom. The quantitative estimate of drug-likeness (QED) is 0.443. The van der Waals surface area contributed by atoms with Gasteiger partial charge in [-0.3, -0.25) is 0 Å². The lowest BCUT2D eigenvalue weighted by Gasteiger charge is -2.11. The third-order valence-corrected chi connectivity index (χ3v) is 2.11. The molecule has 0 radical (unpaired) electrons. The normalized spacial score (nSPS) is 15.9. The molecular weight excluding hydrogens is 164 g/mol. The predicted octanol–water partition coefficient (Wildman–Crippen LogP) is 3.04. The molecule has 0 aliphatic heterocycles. The van der Waals surface area contributed by atoms with Crippen molar-refractivity contribution < 1.29 is 0 Å². The molecule has 0 aromatic rings. The summed E-state index contributed by atoms with van der Waals surface area (Å²) in [6, 6.07) is -0.0835. The summed E-state index contributed by atoms with van der Waals surface area (Å²) < 4.78 is 0. The Hall–Kier alpha value is -0.730. The molecule has 0 N–H and O–H groups in total. The lowest BCUT2D eigenvalue weighted by Crippen LogP contribution is -2.10. The zero-order valence-corrected chi connectivity index (χ0v) is 8.86. The first-order valence-corrected chi connectivity index (χ1v) is 4.99. The maximum atomic E-state index is 10.2. The summed E-state index contributed by atoms with van der Waals surface area (Å²) in [5.74, 6) is 0.428. The van der Waals surface area contributed by atoms with Crippen LogP contribution in [-0.2, 0) is 0 Å². The molecule has 2 atom stereocenters. The molecular formula is C10H20N2O. The number of aliphatic imine (C=N–C) groups is 1. The van der Waals surface area contributed by atoms with E-state index in [0.717, 1.165) is 12.8 Å². The van der Waals surface area contributed by atoms with E-state index in [0.29, 0.717) is 5.92 Å². The van der Waals surface area contributed by atoms with Crippen molar-refractivity contribution in [1.29, 1.82) is 0 Å². The van der Waals surface area contributed by atoms with Gasteiger partial charge in [0.25, 0.3) is 0 Å². The van der Waals surface area contributed by atoms with E-state index in [9.17, 15) is 4.91 Å². The molecule has 0 heterocycles. The van der Waals surface area contributed by atoms with Crippen LogP contribution >= 0.6 is 0 Å². The lowest BCUT2D eigenvalue weighted by molar-refractivity contribution is 0.506. The minimum Gasteiger partial charge on any atom is -0.301 e. The van der Waals surface area contributed by atoms with Crippen molar-refractivity contribution >= 4 is 6.21 Å². The number of hydrogen-bond acceptors (Lipinski definition) is 3. The molecule has 0 spiro atoms. The third kappa shape index (κ3) is 6.43. The Morgan fingerprint density at radius 3 is 2.62 bits per heavy atom. The second kappa shape index (κ2) is 7.90. The van der Waals surface area contributed by atoms with Crippen molar-refractivity contribution in [2.75, 3.05) is 7.05 Å². The largest absolute Gasteiger partial charge is 0.301 e. The van der Waals surface area contributed by atoms with E-state index >= 15 is 0 Å². The molecule has 0 fully saturated rings. The van der Waals surface area contributed by atoms with Crippen molar-refractivity contribution in [2.24, 2.45) is 16.1 Å². The van der Waals surface area contributed by atoms with E-state index in [2.05, 4.69) is 17.1 Å². The van der Waals surface area contributed by atoms with Crippen molar-refractivity contribution in [2.45, 2.75) is 45.6 Å². The van der Waals surface area contributed by atoms with Gasteiger partial charge >= 0.3 is 0 Å². The van der Waals surface area contributed by atoms with Crippen molar-refractivity contribution in [1.82, 2.24) is 0 Å². The van der Waals surface area contributed by atoms with Crippen molar-refractivity contribution in [3.05, 3.63) is 4.91 Å². The van der Waals surface area contributed by atoms with Crippen LogP contribution in [0.4, 0.5) is 0 Å². The topological polar surface area (TPSA) is 41.8 Å². The van der Waals surface area contributed by atoms with Crippen LogP contribution in [0.2, 0.25) is 0 Å². The van der Waals surface area contributed by atoms with Gasteiger partial charge in [-0.1, -0.05) is 24.9 Å². The first-order chi connectivity index (χ1) is 6.24. The van der Waals surface area contributed by atoms with Crippen LogP contribution in [0.15, 0.2) is 10.2 Å². The summed E-state index contributed by atoms with van der Waals surface area (Å²) in [6.45, 7) is 4.02. The fraction of sp³-hybridized carbons (Fsp3) is 0.900. The van der Waals surface area contributed by atoms with Gasteiger partial charge in [0.1, 0.15) is 0 Å². The van der Waals surface area contributed by atoms with E-state index < -0.39 is 0 Å². The third-order valence-electron chi connectivity index (χ3n) is 2.11. The van der Waals surface area contributed by atoms with Gasteiger partial charge in [0.15, 0.2) is 0 Å². The van der Waals surface area contributed by atoms with E-state index in [1.807, 2.05) is 13.1 Å². The van der Waals surface area contributed by atoms with Gasteiger partial charge in [0.05, 0.1) is 6.04 Å². The van der Waals surface area contributed by atoms with Crippen LogP contribution in [-0.4, -0.2) is 19.3 Å². The van der Waals surface area contributed by atoms with E-state index in [1.165, 1.54) is 12.8 Å².